The lowest BCUT2D eigenvalue weighted by atomic mass is 10.1. The molecule has 0 bridgehead atoms. The number of methoxy groups -OCH3 is 1. The van der Waals surface area contributed by atoms with Crippen LogP contribution in [-0.2, 0) is 4.74 Å². The fourth-order valence-electron chi connectivity index (χ4n) is 2.48. The predicted molar refractivity (Wildman–Crippen MR) is 59.4 cm³/mol. The molecule has 1 aliphatic carbocycles. The lowest BCUT2D eigenvalue weighted by molar-refractivity contribution is 0.0730. The molecule has 2 N–H and O–H groups in total. The van der Waals surface area contributed by atoms with Gasteiger partial charge in [0.15, 0.2) is 0 Å². The van der Waals surface area contributed by atoms with Gasteiger partial charge in [-0.15, -0.1) is 0 Å². The van der Waals surface area contributed by atoms with Crippen LogP contribution in [0.1, 0.15) is 32.6 Å². The average Bonchev–Trinajstić information content (AvgIpc) is 2.67. The molecular weight excluding hydrogens is 176 g/mol. The minimum atomic E-state index is 0.506. The standard InChI is InChI=1S/C11H24N2O/c1-10(9-14-2)13(8-7-12)11-5-3-4-6-11/h10-11H,3-9,12H2,1-2H3. The summed E-state index contributed by atoms with van der Waals surface area (Å²) in [4.78, 5) is 2.52. The summed E-state index contributed by atoms with van der Waals surface area (Å²) in [6.45, 7) is 4.81. The van der Waals surface area contributed by atoms with Crippen molar-refractivity contribution in [2.24, 2.45) is 5.73 Å². The Hall–Kier alpha value is -0.120. The van der Waals surface area contributed by atoms with Crippen molar-refractivity contribution < 1.29 is 4.74 Å². The van der Waals surface area contributed by atoms with Crippen LogP contribution in [0, 0.1) is 0 Å². The number of nitrogens with two attached hydrogens (primary N) is 1. The summed E-state index contributed by atoms with van der Waals surface area (Å²) in [5.41, 5.74) is 5.65. The van der Waals surface area contributed by atoms with Crippen molar-refractivity contribution in [2.45, 2.75) is 44.7 Å². The number of ether oxygens (including phenoxy) is 1. The molecule has 1 atom stereocenters. The van der Waals surface area contributed by atoms with Gasteiger partial charge in [-0.2, -0.15) is 0 Å². The lowest BCUT2D eigenvalue weighted by Crippen LogP contribution is -2.45. The Kier molecular flexibility index (Phi) is 5.45. The fourth-order valence-corrected chi connectivity index (χ4v) is 2.48. The van der Waals surface area contributed by atoms with Crippen molar-refractivity contribution in [1.29, 1.82) is 0 Å². The van der Waals surface area contributed by atoms with Crippen LogP contribution in [0.3, 0.4) is 0 Å². The van der Waals surface area contributed by atoms with Gasteiger partial charge in [-0.1, -0.05) is 12.8 Å². The number of rotatable bonds is 6. The van der Waals surface area contributed by atoms with E-state index in [0.29, 0.717) is 6.04 Å². The second kappa shape index (κ2) is 6.38. The molecule has 0 amide bonds. The maximum atomic E-state index is 5.65. The van der Waals surface area contributed by atoms with E-state index in [4.69, 9.17) is 10.5 Å². The second-order valence-electron chi connectivity index (χ2n) is 4.27. The molecule has 0 spiro atoms. The van der Waals surface area contributed by atoms with Crippen molar-refractivity contribution in [3.63, 3.8) is 0 Å². The van der Waals surface area contributed by atoms with Crippen LogP contribution in [-0.4, -0.2) is 43.8 Å². The molecule has 0 saturated heterocycles. The smallest absolute Gasteiger partial charge is 0.0615 e. The Morgan fingerprint density at radius 1 is 1.43 bits per heavy atom. The van der Waals surface area contributed by atoms with Crippen molar-refractivity contribution in [3.8, 4) is 0 Å². The third-order valence-electron chi connectivity index (χ3n) is 3.16. The molecule has 0 heterocycles. The van der Waals surface area contributed by atoms with Gasteiger partial charge in [0, 0.05) is 32.3 Å². The van der Waals surface area contributed by atoms with E-state index in [0.717, 1.165) is 25.7 Å². The molecule has 3 nitrogen and oxygen atoms in total. The van der Waals surface area contributed by atoms with Gasteiger partial charge in [0.2, 0.25) is 0 Å². The fraction of sp³-hybridized carbons (Fsp3) is 1.00. The first kappa shape index (κ1) is 12.0. The number of hydrogen-bond donors (Lipinski definition) is 1. The first-order chi connectivity index (χ1) is 6.79. The highest BCUT2D eigenvalue weighted by Gasteiger charge is 2.25. The van der Waals surface area contributed by atoms with E-state index in [9.17, 15) is 0 Å². The average molecular weight is 200 g/mol. The normalized spacial score (nSPS) is 20.6. The lowest BCUT2D eigenvalue weighted by Gasteiger charge is -2.33. The maximum Gasteiger partial charge on any atom is 0.0615 e. The van der Waals surface area contributed by atoms with Crippen LogP contribution in [0.5, 0.6) is 0 Å². The van der Waals surface area contributed by atoms with Crippen molar-refractivity contribution in [2.75, 3.05) is 26.8 Å². The van der Waals surface area contributed by atoms with E-state index >= 15 is 0 Å². The van der Waals surface area contributed by atoms with E-state index in [1.807, 2.05) is 0 Å². The summed E-state index contributed by atoms with van der Waals surface area (Å²) in [5.74, 6) is 0. The Bertz CT molecular complexity index is 146. The van der Waals surface area contributed by atoms with Gasteiger partial charge in [-0.05, 0) is 19.8 Å². The molecule has 84 valence electrons. The molecule has 1 unspecified atom stereocenters. The molecule has 1 aliphatic rings. The van der Waals surface area contributed by atoms with E-state index in [2.05, 4.69) is 11.8 Å². The zero-order chi connectivity index (χ0) is 10.4. The predicted octanol–water partition coefficient (Wildman–Crippen LogP) is 1.22. The van der Waals surface area contributed by atoms with Crippen molar-refractivity contribution in [1.82, 2.24) is 4.90 Å². The third kappa shape index (κ3) is 3.23. The summed E-state index contributed by atoms with van der Waals surface area (Å²) >= 11 is 0. The Morgan fingerprint density at radius 3 is 2.57 bits per heavy atom. The van der Waals surface area contributed by atoms with E-state index in [-0.39, 0.29) is 0 Å². The molecular formula is C11H24N2O. The Balaban J connectivity index is 2.43. The van der Waals surface area contributed by atoms with Gasteiger partial charge in [-0.25, -0.2) is 0 Å². The first-order valence-electron chi connectivity index (χ1n) is 5.74. The van der Waals surface area contributed by atoms with Gasteiger partial charge in [0.1, 0.15) is 0 Å². The first-order valence-corrected chi connectivity index (χ1v) is 5.74. The van der Waals surface area contributed by atoms with E-state index in [1.54, 1.807) is 7.11 Å². The molecule has 14 heavy (non-hydrogen) atoms. The Morgan fingerprint density at radius 2 is 2.07 bits per heavy atom. The molecule has 0 aliphatic heterocycles. The largest absolute Gasteiger partial charge is 0.383 e. The van der Waals surface area contributed by atoms with Crippen LogP contribution in [0.25, 0.3) is 0 Å². The van der Waals surface area contributed by atoms with Gasteiger partial charge in [0.25, 0.3) is 0 Å². The highest BCUT2D eigenvalue weighted by molar-refractivity contribution is 4.81. The van der Waals surface area contributed by atoms with Gasteiger partial charge < -0.3 is 10.5 Å². The molecule has 1 saturated carbocycles. The zero-order valence-electron chi connectivity index (χ0n) is 9.54. The van der Waals surface area contributed by atoms with Crippen LogP contribution in [0.15, 0.2) is 0 Å². The molecule has 1 rings (SSSR count). The Labute approximate surface area is 87.6 Å². The monoisotopic (exact) mass is 200 g/mol. The van der Waals surface area contributed by atoms with E-state index in [1.165, 1.54) is 25.7 Å². The summed E-state index contributed by atoms with van der Waals surface area (Å²) in [7, 11) is 1.77. The second-order valence-corrected chi connectivity index (χ2v) is 4.27. The minimum absolute atomic E-state index is 0.506. The topological polar surface area (TPSA) is 38.5 Å². The molecule has 0 aromatic rings. The summed E-state index contributed by atoms with van der Waals surface area (Å²) in [6.07, 6.45) is 5.44. The molecule has 3 heteroatoms. The maximum absolute atomic E-state index is 5.65. The van der Waals surface area contributed by atoms with Crippen molar-refractivity contribution in [3.05, 3.63) is 0 Å². The van der Waals surface area contributed by atoms with E-state index < -0.39 is 0 Å². The van der Waals surface area contributed by atoms with Crippen LogP contribution < -0.4 is 5.73 Å². The van der Waals surface area contributed by atoms with Gasteiger partial charge >= 0.3 is 0 Å². The van der Waals surface area contributed by atoms with Crippen molar-refractivity contribution >= 4 is 0 Å². The quantitative estimate of drug-likeness (QED) is 0.701. The van der Waals surface area contributed by atoms with Crippen LogP contribution in [0.4, 0.5) is 0 Å². The SMILES string of the molecule is COCC(C)N(CCN)C1CCCC1. The molecule has 1 fully saturated rings. The summed E-state index contributed by atoms with van der Waals surface area (Å²) in [5, 5.41) is 0. The molecule has 0 aromatic heterocycles. The highest BCUT2D eigenvalue weighted by atomic mass is 16.5. The molecule has 0 aromatic carbocycles. The summed E-state index contributed by atoms with van der Waals surface area (Å²) < 4.78 is 5.21. The number of hydrogen-bond acceptors (Lipinski definition) is 3. The highest BCUT2D eigenvalue weighted by Crippen LogP contribution is 2.24. The number of nitrogens with zero attached hydrogens (tertiary/aromatic N) is 1. The zero-order valence-corrected chi connectivity index (χ0v) is 9.54. The van der Waals surface area contributed by atoms with Crippen LogP contribution >= 0.6 is 0 Å². The van der Waals surface area contributed by atoms with Gasteiger partial charge in [0.05, 0.1) is 6.61 Å². The molecule has 0 radical (unpaired) electrons. The third-order valence-corrected chi connectivity index (χ3v) is 3.16. The van der Waals surface area contributed by atoms with Crippen LogP contribution in [0.2, 0.25) is 0 Å². The summed E-state index contributed by atoms with van der Waals surface area (Å²) in [6, 6.07) is 1.26. The minimum Gasteiger partial charge on any atom is -0.383 e. The van der Waals surface area contributed by atoms with Gasteiger partial charge in [-0.3, -0.25) is 4.90 Å².